The van der Waals surface area contributed by atoms with Gasteiger partial charge in [0.15, 0.2) is 0 Å². The Labute approximate surface area is 131 Å². The second-order valence-electron chi connectivity index (χ2n) is 5.05. The lowest BCUT2D eigenvalue weighted by atomic mass is 9.95. The first-order valence-electron chi connectivity index (χ1n) is 6.43. The zero-order valence-electron chi connectivity index (χ0n) is 10.7. The first-order valence-corrected chi connectivity index (χ1v) is 7.60. The maximum Gasteiger partial charge on any atom is 0.235 e. The molecule has 0 saturated heterocycles. The number of amides is 1. The second kappa shape index (κ2) is 5.23. The van der Waals surface area contributed by atoms with Gasteiger partial charge in [-0.15, -0.1) is 0 Å². The van der Waals surface area contributed by atoms with Gasteiger partial charge in [-0.2, -0.15) is 0 Å². The molecule has 1 fully saturated rings. The summed E-state index contributed by atoms with van der Waals surface area (Å²) < 4.78 is 0.951. The van der Waals surface area contributed by atoms with E-state index in [0.29, 0.717) is 5.02 Å². The maximum atomic E-state index is 12.5. The minimum atomic E-state index is -0.382. The second-order valence-corrected chi connectivity index (χ2v) is 6.41. The Morgan fingerprint density at radius 1 is 1.15 bits per heavy atom. The lowest BCUT2D eigenvalue weighted by molar-refractivity contribution is -0.118. The van der Waals surface area contributed by atoms with Crippen molar-refractivity contribution in [1.82, 2.24) is 0 Å². The first-order chi connectivity index (χ1) is 9.60. The monoisotopic (exact) mass is 349 g/mol. The van der Waals surface area contributed by atoms with Gasteiger partial charge in [0, 0.05) is 15.2 Å². The summed E-state index contributed by atoms with van der Waals surface area (Å²) in [7, 11) is 0. The van der Waals surface area contributed by atoms with Crippen molar-refractivity contribution in [1.29, 1.82) is 0 Å². The van der Waals surface area contributed by atoms with Crippen molar-refractivity contribution in [2.45, 2.75) is 18.3 Å². The summed E-state index contributed by atoms with van der Waals surface area (Å²) in [5.41, 5.74) is 1.46. The Bertz CT molecular complexity index is 650. The topological polar surface area (TPSA) is 29.1 Å². The molecule has 0 radical (unpaired) electrons. The number of nitrogens with one attached hydrogen (secondary N) is 1. The standard InChI is InChI=1S/C16H13BrClNO/c17-12-2-1-3-14(10-12)19-15(20)16(8-9-16)11-4-6-13(18)7-5-11/h1-7,10H,8-9H2,(H,19,20). The summed E-state index contributed by atoms with van der Waals surface area (Å²) in [6, 6.07) is 15.2. The van der Waals surface area contributed by atoms with Crippen LogP contribution in [0.25, 0.3) is 0 Å². The number of halogens is 2. The number of anilines is 1. The van der Waals surface area contributed by atoms with E-state index >= 15 is 0 Å². The molecule has 0 spiro atoms. The molecule has 0 bridgehead atoms. The summed E-state index contributed by atoms with van der Waals surface area (Å²) in [5.74, 6) is 0.0536. The summed E-state index contributed by atoms with van der Waals surface area (Å²) >= 11 is 9.31. The molecule has 2 nitrogen and oxygen atoms in total. The SMILES string of the molecule is O=C(Nc1cccc(Br)c1)C1(c2ccc(Cl)cc2)CC1. The fourth-order valence-electron chi connectivity index (χ4n) is 2.36. The van der Waals surface area contributed by atoms with Crippen LogP contribution in [0, 0.1) is 0 Å². The molecule has 0 atom stereocenters. The Kier molecular flexibility index (Phi) is 3.57. The van der Waals surface area contributed by atoms with Crippen molar-refractivity contribution in [3.8, 4) is 0 Å². The largest absolute Gasteiger partial charge is 0.325 e. The fourth-order valence-corrected chi connectivity index (χ4v) is 2.88. The van der Waals surface area contributed by atoms with Gasteiger partial charge in [0.2, 0.25) is 5.91 Å². The highest BCUT2D eigenvalue weighted by Gasteiger charge is 2.51. The number of rotatable bonds is 3. The number of benzene rings is 2. The predicted molar refractivity (Wildman–Crippen MR) is 85.1 cm³/mol. The molecule has 4 heteroatoms. The number of carbonyl (C=O) groups is 1. The van der Waals surface area contributed by atoms with E-state index in [4.69, 9.17) is 11.6 Å². The van der Waals surface area contributed by atoms with Gasteiger partial charge >= 0.3 is 0 Å². The van der Waals surface area contributed by atoms with Gasteiger partial charge in [-0.3, -0.25) is 4.79 Å². The van der Waals surface area contributed by atoms with Crippen molar-refractivity contribution in [3.63, 3.8) is 0 Å². The summed E-state index contributed by atoms with van der Waals surface area (Å²) in [4.78, 5) is 12.5. The minimum Gasteiger partial charge on any atom is -0.325 e. The number of hydrogen-bond acceptors (Lipinski definition) is 1. The molecule has 1 N–H and O–H groups in total. The van der Waals surface area contributed by atoms with Crippen LogP contribution in [0.15, 0.2) is 53.0 Å². The van der Waals surface area contributed by atoms with Gasteiger partial charge in [-0.1, -0.05) is 45.7 Å². The van der Waals surface area contributed by atoms with Gasteiger partial charge in [0.05, 0.1) is 5.41 Å². The van der Waals surface area contributed by atoms with Crippen LogP contribution in [0.2, 0.25) is 5.02 Å². The molecule has 0 heterocycles. The predicted octanol–water partition coefficient (Wildman–Crippen LogP) is 4.77. The Hall–Kier alpha value is -1.32. The van der Waals surface area contributed by atoms with Crippen LogP contribution in [-0.4, -0.2) is 5.91 Å². The summed E-state index contributed by atoms with van der Waals surface area (Å²) in [6.45, 7) is 0. The van der Waals surface area contributed by atoms with Crippen LogP contribution in [-0.2, 0) is 10.2 Å². The zero-order valence-corrected chi connectivity index (χ0v) is 13.0. The molecule has 1 aliphatic carbocycles. The molecule has 0 unspecified atom stereocenters. The molecule has 2 aromatic rings. The molecule has 3 rings (SSSR count). The molecule has 20 heavy (non-hydrogen) atoms. The Balaban J connectivity index is 1.81. The third-order valence-electron chi connectivity index (χ3n) is 3.66. The van der Waals surface area contributed by atoms with E-state index in [1.165, 1.54) is 0 Å². The zero-order chi connectivity index (χ0) is 14.2. The van der Waals surface area contributed by atoms with Gasteiger partial charge in [0.25, 0.3) is 0 Å². The van der Waals surface area contributed by atoms with Crippen LogP contribution in [0.5, 0.6) is 0 Å². The Morgan fingerprint density at radius 2 is 1.85 bits per heavy atom. The van der Waals surface area contributed by atoms with Crippen LogP contribution in [0.3, 0.4) is 0 Å². The Morgan fingerprint density at radius 3 is 2.45 bits per heavy atom. The highest BCUT2D eigenvalue weighted by molar-refractivity contribution is 9.10. The molecule has 2 aromatic carbocycles. The van der Waals surface area contributed by atoms with Crippen molar-refractivity contribution < 1.29 is 4.79 Å². The average molecular weight is 351 g/mol. The molecular weight excluding hydrogens is 338 g/mol. The molecule has 1 saturated carbocycles. The van der Waals surface area contributed by atoms with E-state index in [-0.39, 0.29) is 11.3 Å². The third kappa shape index (κ3) is 2.60. The number of hydrogen-bond donors (Lipinski definition) is 1. The van der Waals surface area contributed by atoms with Crippen molar-refractivity contribution in [2.24, 2.45) is 0 Å². The van der Waals surface area contributed by atoms with E-state index in [1.807, 2.05) is 48.5 Å². The highest BCUT2D eigenvalue weighted by Crippen LogP contribution is 2.49. The summed E-state index contributed by atoms with van der Waals surface area (Å²) in [5, 5.41) is 3.69. The van der Waals surface area contributed by atoms with E-state index < -0.39 is 0 Å². The van der Waals surface area contributed by atoms with Gasteiger partial charge in [-0.05, 0) is 48.7 Å². The third-order valence-corrected chi connectivity index (χ3v) is 4.41. The lowest BCUT2D eigenvalue weighted by Crippen LogP contribution is -2.27. The molecule has 0 aromatic heterocycles. The van der Waals surface area contributed by atoms with Crippen molar-refractivity contribution in [2.75, 3.05) is 5.32 Å². The minimum absolute atomic E-state index is 0.0536. The number of carbonyl (C=O) groups excluding carboxylic acids is 1. The van der Waals surface area contributed by atoms with Crippen molar-refractivity contribution >= 4 is 39.1 Å². The molecule has 1 aliphatic rings. The van der Waals surface area contributed by atoms with Gasteiger partial charge < -0.3 is 5.32 Å². The van der Waals surface area contributed by atoms with E-state index in [0.717, 1.165) is 28.6 Å². The molecule has 102 valence electrons. The maximum absolute atomic E-state index is 12.5. The molecule has 1 amide bonds. The van der Waals surface area contributed by atoms with Gasteiger partial charge in [0.1, 0.15) is 0 Å². The molecule has 0 aliphatic heterocycles. The van der Waals surface area contributed by atoms with E-state index in [1.54, 1.807) is 0 Å². The smallest absolute Gasteiger partial charge is 0.235 e. The normalized spacial score (nSPS) is 15.7. The average Bonchev–Trinajstić information content (AvgIpc) is 3.21. The van der Waals surface area contributed by atoms with Crippen LogP contribution < -0.4 is 5.32 Å². The van der Waals surface area contributed by atoms with Crippen LogP contribution in [0.4, 0.5) is 5.69 Å². The van der Waals surface area contributed by atoms with E-state index in [9.17, 15) is 4.79 Å². The van der Waals surface area contributed by atoms with Gasteiger partial charge in [-0.25, -0.2) is 0 Å². The molecular formula is C16H13BrClNO. The fraction of sp³-hybridized carbons (Fsp3) is 0.188. The van der Waals surface area contributed by atoms with E-state index in [2.05, 4.69) is 21.2 Å². The van der Waals surface area contributed by atoms with Crippen LogP contribution in [0.1, 0.15) is 18.4 Å². The van der Waals surface area contributed by atoms with Crippen molar-refractivity contribution in [3.05, 3.63) is 63.6 Å². The summed E-state index contributed by atoms with van der Waals surface area (Å²) in [6.07, 6.45) is 1.77. The quantitative estimate of drug-likeness (QED) is 0.848. The highest BCUT2D eigenvalue weighted by atomic mass is 79.9. The first kappa shape index (κ1) is 13.7. The lowest BCUT2D eigenvalue weighted by Gasteiger charge is -2.16. The van der Waals surface area contributed by atoms with Crippen LogP contribution >= 0.6 is 27.5 Å².